The topological polar surface area (TPSA) is 41.1 Å². The standard InChI is InChI=1S/C15H24N2O/c1-10(2)13(5)17-15(18)9-16-14-7-6-11(3)12(4)8-14/h6-8,10,13,16H,9H2,1-5H3,(H,17,18). The molecule has 0 heterocycles. The number of benzene rings is 1. The fourth-order valence-corrected chi connectivity index (χ4v) is 1.51. The van der Waals surface area contributed by atoms with Crippen LogP contribution in [0.2, 0.25) is 0 Å². The van der Waals surface area contributed by atoms with Gasteiger partial charge in [0.25, 0.3) is 0 Å². The monoisotopic (exact) mass is 248 g/mol. The molecule has 100 valence electrons. The van der Waals surface area contributed by atoms with E-state index in [0.29, 0.717) is 12.5 Å². The molecule has 1 amide bonds. The number of carbonyl (C=O) groups is 1. The lowest BCUT2D eigenvalue weighted by molar-refractivity contribution is -0.120. The molecule has 0 aromatic heterocycles. The molecule has 3 nitrogen and oxygen atoms in total. The fraction of sp³-hybridized carbons (Fsp3) is 0.533. The second-order valence-electron chi connectivity index (χ2n) is 5.25. The molecule has 1 rings (SSSR count). The average Bonchev–Trinajstić information content (AvgIpc) is 2.30. The minimum absolute atomic E-state index is 0.0365. The van der Waals surface area contributed by atoms with Crippen LogP contribution in [0, 0.1) is 19.8 Å². The van der Waals surface area contributed by atoms with Crippen LogP contribution in [0.3, 0.4) is 0 Å². The Bertz CT molecular complexity index is 413. The van der Waals surface area contributed by atoms with Crippen LogP contribution >= 0.6 is 0 Å². The Hall–Kier alpha value is -1.51. The van der Waals surface area contributed by atoms with Gasteiger partial charge in [0, 0.05) is 11.7 Å². The van der Waals surface area contributed by atoms with Crippen molar-refractivity contribution in [3.8, 4) is 0 Å². The predicted molar refractivity (Wildman–Crippen MR) is 76.8 cm³/mol. The zero-order valence-corrected chi connectivity index (χ0v) is 12.0. The zero-order valence-electron chi connectivity index (χ0n) is 12.0. The lowest BCUT2D eigenvalue weighted by Gasteiger charge is -2.17. The van der Waals surface area contributed by atoms with Gasteiger partial charge in [-0.25, -0.2) is 0 Å². The molecule has 1 aromatic carbocycles. The minimum Gasteiger partial charge on any atom is -0.376 e. The summed E-state index contributed by atoms with van der Waals surface area (Å²) < 4.78 is 0. The van der Waals surface area contributed by atoms with E-state index in [9.17, 15) is 4.79 Å². The summed E-state index contributed by atoms with van der Waals surface area (Å²) >= 11 is 0. The Labute approximate surface area is 110 Å². The zero-order chi connectivity index (χ0) is 13.7. The first-order chi connectivity index (χ1) is 8.40. The van der Waals surface area contributed by atoms with Crippen molar-refractivity contribution in [2.75, 3.05) is 11.9 Å². The van der Waals surface area contributed by atoms with E-state index in [2.05, 4.69) is 50.5 Å². The summed E-state index contributed by atoms with van der Waals surface area (Å²) in [6, 6.07) is 6.33. The van der Waals surface area contributed by atoms with Gasteiger partial charge in [-0.1, -0.05) is 19.9 Å². The third kappa shape index (κ3) is 4.40. The minimum atomic E-state index is 0.0365. The van der Waals surface area contributed by atoms with E-state index in [1.807, 2.05) is 13.0 Å². The Kier molecular flexibility index (Phi) is 5.20. The largest absolute Gasteiger partial charge is 0.376 e. The van der Waals surface area contributed by atoms with Gasteiger partial charge in [0.05, 0.1) is 6.54 Å². The number of rotatable bonds is 5. The van der Waals surface area contributed by atoms with Gasteiger partial charge in [-0.15, -0.1) is 0 Å². The molecular formula is C15H24N2O. The first-order valence-electron chi connectivity index (χ1n) is 6.50. The quantitative estimate of drug-likeness (QED) is 0.841. The summed E-state index contributed by atoms with van der Waals surface area (Å²) in [5.41, 5.74) is 3.49. The van der Waals surface area contributed by atoms with Gasteiger partial charge in [-0.05, 0) is 49.9 Å². The van der Waals surface area contributed by atoms with Gasteiger partial charge in [0.2, 0.25) is 5.91 Å². The highest BCUT2D eigenvalue weighted by molar-refractivity contribution is 5.81. The molecule has 0 aliphatic rings. The van der Waals surface area contributed by atoms with Gasteiger partial charge >= 0.3 is 0 Å². The van der Waals surface area contributed by atoms with Crippen LogP contribution in [0.5, 0.6) is 0 Å². The van der Waals surface area contributed by atoms with Crippen LogP contribution in [0.25, 0.3) is 0 Å². The second kappa shape index (κ2) is 6.43. The molecule has 18 heavy (non-hydrogen) atoms. The molecule has 2 N–H and O–H groups in total. The Morgan fingerprint density at radius 2 is 1.83 bits per heavy atom. The lowest BCUT2D eigenvalue weighted by Crippen LogP contribution is -2.39. The number of nitrogens with one attached hydrogen (secondary N) is 2. The second-order valence-corrected chi connectivity index (χ2v) is 5.25. The number of amides is 1. The van der Waals surface area contributed by atoms with Crippen LogP contribution in [0.1, 0.15) is 31.9 Å². The summed E-state index contributed by atoms with van der Waals surface area (Å²) in [4.78, 5) is 11.7. The molecule has 0 fully saturated rings. The van der Waals surface area contributed by atoms with E-state index in [1.54, 1.807) is 0 Å². The molecule has 0 aliphatic carbocycles. The van der Waals surface area contributed by atoms with Crippen LogP contribution < -0.4 is 10.6 Å². The molecule has 0 spiro atoms. The van der Waals surface area contributed by atoms with Crippen molar-refractivity contribution in [1.82, 2.24) is 5.32 Å². The summed E-state index contributed by atoms with van der Waals surface area (Å²) in [6.07, 6.45) is 0. The van der Waals surface area contributed by atoms with Crippen LogP contribution in [0.15, 0.2) is 18.2 Å². The number of aryl methyl sites for hydroxylation is 2. The van der Waals surface area contributed by atoms with Gasteiger partial charge in [-0.2, -0.15) is 0 Å². The molecule has 3 heteroatoms. The average molecular weight is 248 g/mol. The third-order valence-electron chi connectivity index (χ3n) is 3.35. The maximum Gasteiger partial charge on any atom is 0.239 e. The molecule has 0 saturated carbocycles. The van der Waals surface area contributed by atoms with Crippen LogP contribution in [0.4, 0.5) is 5.69 Å². The van der Waals surface area contributed by atoms with Gasteiger partial charge in [0.15, 0.2) is 0 Å². The van der Waals surface area contributed by atoms with Crippen molar-refractivity contribution < 1.29 is 4.79 Å². The number of anilines is 1. The van der Waals surface area contributed by atoms with Crippen LogP contribution in [-0.4, -0.2) is 18.5 Å². The molecule has 0 aliphatic heterocycles. The van der Waals surface area contributed by atoms with Crippen molar-refractivity contribution >= 4 is 11.6 Å². The number of carbonyl (C=O) groups excluding carboxylic acids is 1. The normalized spacial score (nSPS) is 12.3. The first-order valence-corrected chi connectivity index (χ1v) is 6.50. The van der Waals surface area contributed by atoms with Gasteiger partial charge in [-0.3, -0.25) is 4.79 Å². The molecule has 0 radical (unpaired) electrons. The van der Waals surface area contributed by atoms with Crippen molar-refractivity contribution in [3.63, 3.8) is 0 Å². The highest BCUT2D eigenvalue weighted by Crippen LogP contribution is 2.13. The molecule has 1 atom stereocenters. The summed E-state index contributed by atoms with van der Waals surface area (Å²) in [5.74, 6) is 0.491. The Morgan fingerprint density at radius 3 is 2.39 bits per heavy atom. The van der Waals surface area contributed by atoms with E-state index in [0.717, 1.165) is 5.69 Å². The molecule has 1 aromatic rings. The highest BCUT2D eigenvalue weighted by Gasteiger charge is 2.10. The Balaban J connectivity index is 2.45. The first kappa shape index (κ1) is 14.6. The van der Waals surface area contributed by atoms with Gasteiger partial charge < -0.3 is 10.6 Å². The Morgan fingerprint density at radius 1 is 1.17 bits per heavy atom. The van der Waals surface area contributed by atoms with Crippen molar-refractivity contribution in [2.45, 2.75) is 40.7 Å². The smallest absolute Gasteiger partial charge is 0.239 e. The van der Waals surface area contributed by atoms with E-state index in [1.165, 1.54) is 11.1 Å². The maximum atomic E-state index is 11.7. The van der Waals surface area contributed by atoms with Crippen molar-refractivity contribution in [3.05, 3.63) is 29.3 Å². The van der Waals surface area contributed by atoms with Gasteiger partial charge in [0.1, 0.15) is 0 Å². The van der Waals surface area contributed by atoms with Crippen molar-refractivity contribution in [2.24, 2.45) is 5.92 Å². The fourth-order valence-electron chi connectivity index (χ4n) is 1.51. The van der Waals surface area contributed by atoms with Crippen molar-refractivity contribution in [1.29, 1.82) is 0 Å². The van der Waals surface area contributed by atoms with E-state index in [4.69, 9.17) is 0 Å². The third-order valence-corrected chi connectivity index (χ3v) is 3.35. The van der Waals surface area contributed by atoms with E-state index < -0.39 is 0 Å². The van der Waals surface area contributed by atoms with E-state index >= 15 is 0 Å². The summed E-state index contributed by atoms with van der Waals surface area (Å²) in [7, 11) is 0. The highest BCUT2D eigenvalue weighted by atomic mass is 16.1. The summed E-state index contributed by atoms with van der Waals surface area (Å²) in [6.45, 7) is 10.7. The number of hydrogen-bond donors (Lipinski definition) is 2. The predicted octanol–water partition coefficient (Wildman–Crippen LogP) is 2.88. The number of hydrogen-bond acceptors (Lipinski definition) is 2. The van der Waals surface area contributed by atoms with E-state index in [-0.39, 0.29) is 11.9 Å². The maximum absolute atomic E-state index is 11.7. The lowest BCUT2D eigenvalue weighted by atomic mass is 10.1. The molecule has 0 saturated heterocycles. The molecule has 1 unspecified atom stereocenters. The SMILES string of the molecule is Cc1ccc(NCC(=O)NC(C)C(C)C)cc1C. The summed E-state index contributed by atoms with van der Waals surface area (Å²) in [5, 5.41) is 6.12. The molecule has 0 bridgehead atoms. The van der Waals surface area contributed by atoms with Crippen LogP contribution in [-0.2, 0) is 4.79 Å². The molecular weight excluding hydrogens is 224 g/mol.